The van der Waals surface area contributed by atoms with Crippen LogP contribution in [0.15, 0.2) is 52.5 Å². The van der Waals surface area contributed by atoms with E-state index in [1.165, 1.54) is 0 Å². The summed E-state index contributed by atoms with van der Waals surface area (Å²) in [5.41, 5.74) is 5.04. The Balaban J connectivity index is 2.33. The van der Waals surface area contributed by atoms with E-state index in [9.17, 15) is 0 Å². The average molecular weight is 352 g/mol. The van der Waals surface area contributed by atoms with Crippen LogP contribution < -0.4 is 9.57 Å². The van der Waals surface area contributed by atoms with Crippen LogP contribution >= 0.6 is 11.8 Å². The fourth-order valence-corrected chi connectivity index (χ4v) is 3.70. The van der Waals surface area contributed by atoms with E-state index in [-0.39, 0.29) is 0 Å². The smallest absolute Gasteiger partial charge is 0.296 e. The number of nitrogens with zero attached hydrogens (tertiary/aromatic N) is 3. The Morgan fingerprint density at radius 2 is 2.08 bits per heavy atom. The molecule has 2 heterocycles. The summed E-state index contributed by atoms with van der Waals surface area (Å²) in [6.07, 6.45) is 3.76. The van der Waals surface area contributed by atoms with Gasteiger partial charge in [-0.15, -0.1) is 11.8 Å². The van der Waals surface area contributed by atoms with Gasteiger partial charge < -0.3 is 0 Å². The molecule has 0 radical (unpaired) electrons. The maximum Gasteiger partial charge on any atom is 0.297 e. The van der Waals surface area contributed by atoms with E-state index in [2.05, 4.69) is 41.2 Å². The summed E-state index contributed by atoms with van der Waals surface area (Å²) < 4.78 is 1.87. The van der Waals surface area contributed by atoms with Gasteiger partial charge in [0.15, 0.2) is 0 Å². The highest BCUT2D eigenvalue weighted by atomic mass is 32.2. The van der Waals surface area contributed by atoms with E-state index < -0.39 is 0 Å². The first-order chi connectivity index (χ1) is 12.2. The van der Waals surface area contributed by atoms with Gasteiger partial charge in [0.1, 0.15) is 12.8 Å². The molecule has 0 spiro atoms. The monoisotopic (exact) mass is 352 g/mol. The minimum atomic E-state index is 0.879. The Morgan fingerprint density at radius 1 is 1.28 bits per heavy atom. The SMILES string of the molecule is CCSc1cc2ccccc2[n+](OC)c1-c1cc(C=NC)c(C)cn1. The van der Waals surface area contributed by atoms with Gasteiger partial charge in [-0.05, 0) is 42.0 Å². The molecule has 0 aliphatic rings. The largest absolute Gasteiger partial charge is 0.297 e. The third-order valence-corrected chi connectivity index (χ3v) is 4.93. The first kappa shape index (κ1) is 17.4. The van der Waals surface area contributed by atoms with Crippen LogP contribution in [0.3, 0.4) is 0 Å². The topological polar surface area (TPSA) is 38.4 Å². The summed E-state index contributed by atoms with van der Waals surface area (Å²) in [6, 6.07) is 12.5. The number of aryl methyl sites for hydroxylation is 1. The Kier molecular flexibility index (Phi) is 5.34. The fraction of sp³-hybridized carbons (Fsp3) is 0.250. The van der Waals surface area contributed by atoms with Gasteiger partial charge in [-0.25, -0.2) is 4.98 Å². The molecular formula is C20H22N3OS+. The fourth-order valence-electron chi connectivity index (χ4n) is 2.86. The summed E-state index contributed by atoms with van der Waals surface area (Å²) in [7, 11) is 3.47. The minimum Gasteiger partial charge on any atom is -0.296 e. The number of benzene rings is 1. The predicted octanol–water partition coefficient (Wildman–Crippen LogP) is 3.72. The molecule has 1 aromatic carbocycles. The van der Waals surface area contributed by atoms with Crippen LogP contribution in [-0.4, -0.2) is 31.1 Å². The molecule has 128 valence electrons. The summed E-state index contributed by atoms with van der Waals surface area (Å²) >= 11 is 1.79. The number of pyridine rings is 2. The van der Waals surface area contributed by atoms with Gasteiger partial charge in [0.05, 0.1) is 10.3 Å². The zero-order chi connectivity index (χ0) is 17.8. The molecule has 5 heteroatoms. The number of hydrogen-bond donors (Lipinski definition) is 0. The van der Waals surface area contributed by atoms with Crippen molar-refractivity contribution < 1.29 is 9.57 Å². The van der Waals surface area contributed by atoms with Gasteiger partial charge in [0.2, 0.25) is 0 Å². The van der Waals surface area contributed by atoms with Gasteiger partial charge in [0, 0.05) is 30.3 Å². The molecule has 2 aromatic heterocycles. The van der Waals surface area contributed by atoms with E-state index in [4.69, 9.17) is 4.84 Å². The number of hydrogen-bond acceptors (Lipinski definition) is 4. The van der Waals surface area contributed by atoms with E-state index in [1.807, 2.05) is 36.2 Å². The second kappa shape index (κ2) is 7.66. The minimum absolute atomic E-state index is 0.879. The van der Waals surface area contributed by atoms with Crippen molar-refractivity contribution in [2.75, 3.05) is 19.9 Å². The van der Waals surface area contributed by atoms with E-state index in [0.717, 1.165) is 44.1 Å². The Bertz CT molecular complexity index is 938. The van der Waals surface area contributed by atoms with Crippen molar-refractivity contribution >= 4 is 28.9 Å². The van der Waals surface area contributed by atoms with Crippen molar-refractivity contribution in [3.05, 3.63) is 53.7 Å². The predicted molar refractivity (Wildman–Crippen MR) is 105 cm³/mol. The Hall–Kier alpha value is -2.40. The van der Waals surface area contributed by atoms with Crippen LogP contribution in [0.25, 0.3) is 22.3 Å². The number of fused-ring (bicyclic) bond motifs is 1. The van der Waals surface area contributed by atoms with Crippen molar-refractivity contribution in [1.82, 2.24) is 4.98 Å². The highest BCUT2D eigenvalue weighted by Crippen LogP contribution is 2.31. The van der Waals surface area contributed by atoms with Gasteiger partial charge in [-0.3, -0.25) is 9.83 Å². The molecule has 0 bridgehead atoms. The van der Waals surface area contributed by atoms with Crippen molar-refractivity contribution in [3.63, 3.8) is 0 Å². The molecule has 0 saturated carbocycles. The molecular weight excluding hydrogens is 330 g/mol. The second-order valence-electron chi connectivity index (χ2n) is 5.64. The lowest BCUT2D eigenvalue weighted by Crippen LogP contribution is -2.44. The summed E-state index contributed by atoms with van der Waals surface area (Å²) in [6.45, 7) is 4.19. The Labute approximate surface area is 152 Å². The van der Waals surface area contributed by atoms with Crippen molar-refractivity contribution in [3.8, 4) is 11.4 Å². The first-order valence-corrected chi connectivity index (χ1v) is 9.22. The molecule has 3 rings (SSSR count). The van der Waals surface area contributed by atoms with Gasteiger partial charge in [-0.2, -0.15) is 0 Å². The van der Waals surface area contributed by atoms with Crippen LogP contribution in [0.4, 0.5) is 0 Å². The number of para-hydroxylation sites is 1. The van der Waals surface area contributed by atoms with Gasteiger partial charge in [-0.1, -0.05) is 19.1 Å². The van der Waals surface area contributed by atoms with Gasteiger partial charge in [0.25, 0.3) is 11.2 Å². The first-order valence-electron chi connectivity index (χ1n) is 8.23. The highest BCUT2D eigenvalue weighted by Gasteiger charge is 2.26. The third-order valence-electron chi connectivity index (χ3n) is 4.02. The lowest BCUT2D eigenvalue weighted by Gasteiger charge is -2.09. The highest BCUT2D eigenvalue weighted by molar-refractivity contribution is 7.99. The Morgan fingerprint density at radius 3 is 2.80 bits per heavy atom. The van der Waals surface area contributed by atoms with E-state index in [1.54, 1.807) is 25.9 Å². The number of rotatable bonds is 5. The van der Waals surface area contributed by atoms with Crippen LogP contribution in [0, 0.1) is 6.92 Å². The molecule has 0 aliphatic carbocycles. The lowest BCUT2D eigenvalue weighted by atomic mass is 10.1. The second-order valence-corrected chi connectivity index (χ2v) is 6.95. The molecule has 0 saturated heterocycles. The molecule has 0 aliphatic heterocycles. The van der Waals surface area contributed by atoms with Crippen molar-refractivity contribution in [2.24, 2.45) is 4.99 Å². The molecule has 0 N–H and O–H groups in total. The number of thioether (sulfide) groups is 1. The van der Waals surface area contributed by atoms with Crippen LogP contribution in [0.2, 0.25) is 0 Å². The van der Waals surface area contributed by atoms with Crippen molar-refractivity contribution in [1.29, 1.82) is 0 Å². The summed E-state index contributed by atoms with van der Waals surface area (Å²) in [4.78, 5) is 15.7. The quantitative estimate of drug-likeness (QED) is 0.399. The maximum absolute atomic E-state index is 5.76. The third kappa shape index (κ3) is 3.37. The van der Waals surface area contributed by atoms with Gasteiger partial charge >= 0.3 is 0 Å². The number of aliphatic imine (C=N–C) groups is 1. The van der Waals surface area contributed by atoms with E-state index in [0.29, 0.717) is 0 Å². The molecule has 0 amide bonds. The van der Waals surface area contributed by atoms with Crippen LogP contribution in [0.1, 0.15) is 18.1 Å². The molecule has 4 nitrogen and oxygen atoms in total. The lowest BCUT2D eigenvalue weighted by molar-refractivity contribution is -0.857. The summed E-state index contributed by atoms with van der Waals surface area (Å²) in [5, 5.41) is 1.14. The molecule has 0 unspecified atom stereocenters. The molecule has 0 atom stereocenters. The van der Waals surface area contributed by atoms with Crippen molar-refractivity contribution in [2.45, 2.75) is 18.7 Å². The molecule has 3 aromatic rings. The normalized spacial score (nSPS) is 11.4. The summed E-state index contributed by atoms with van der Waals surface area (Å²) in [5.74, 6) is 0.976. The molecule has 0 fully saturated rings. The van der Waals surface area contributed by atoms with E-state index >= 15 is 0 Å². The standard InChI is InChI=1S/C20H22N3OS/c1-5-25-19-11-15-8-6-7-9-18(15)23(24-4)20(19)17-10-16(13-21-3)14(2)12-22-17/h6-13H,5H2,1-4H3/q+1. The van der Waals surface area contributed by atoms with Crippen LogP contribution in [0.5, 0.6) is 0 Å². The van der Waals surface area contributed by atoms with Crippen LogP contribution in [-0.2, 0) is 0 Å². The zero-order valence-corrected chi connectivity index (χ0v) is 15.8. The maximum atomic E-state index is 5.76. The zero-order valence-electron chi connectivity index (χ0n) is 15.0. The average Bonchev–Trinajstić information content (AvgIpc) is 2.63. The molecule has 25 heavy (non-hydrogen) atoms. The number of aromatic nitrogens is 2.